The van der Waals surface area contributed by atoms with E-state index in [-0.39, 0.29) is 6.61 Å². The molecule has 1 aliphatic rings. The first-order chi connectivity index (χ1) is 9.38. The van der Waals surface area contributed by atoms with Crippen LogP contribution >= 0.6 is 0 Å². The third-order valence-corrected chi connectivity index (χ3v) is 3.80. The van der Waals surface area contributed by atoms with Crippen LogP contribution in [0.3, 0.4) is 0 Å². The van der Waals surface area contributed by atoms with Gasteiger partial charge in [0.2, 0.25) is 0 Å². The van der Waals surface area contributed by atoms with Gasteiger partial charge < -0.3 is 10.0 Å². The minimum atomic E-state index is 0.285. The Labute approximate surface area is 115 Å². The number of aromatic nitrogens is 2. The number of aliphatic hydroxyl groups is 1. The Morgan fingerprint density at radius 2 is 1.58 bits per heavy atom. The number of β-amino-alcohol motifs (C(OH)–C–C–N with tert-alkyl or cyclic N) is 1. The number of hydrogen-bond donors (Lipinski definition) is 1. The second-order valence-corrected chi connectivity index (χ2v) is 5.24. The fourth-order valence-corrected chi connectivity index (χ4v) is 2.60. The van der Waals surface area contributed by atoms with Crippen molar-refractivity contribution in [2.45, 2.75) is 25.8 Å². The van der Waals surface area contributed by atoms with E-state index in [4.69, 9.17) is 5.11 Å². The van der Waals surface area contributed by atoms with Gasteiger partial charge >= 0.3 is 0 Å². The Kier molecular flexibility index (Phi) is 6.33. The zero-order valence-electron chi connectivity index (χ0n) is 11.7. The third-order valence-electron chi connectivity index (χ3n) is 3.80. The second kappa shape index (κ2) is 8.30. The van der Waals surface area contributed by atoms with Gasteiger partial charge in [0.05, 0.1) is 6.61 Å². The summed E-state index contributed by atoms with van der Waals surface area (Å²) in [5.41, 5.74) is 0. The van der Waals surface area contributed by atoms with Crippen molar-refractivity contribution in [2.75, 3.05) is 45.9 Å². The summed E-state index contributed by atoms with van der Waals surface area (Å²) in [6.07, 6.45) is 7.64. The van der Waals surface area contributed by atoms with Crippen LogP contribution in [0, 0.1) is 0 Å². The zero-order chi connectivity index (χ0) is 13.3. The summed E-state index contributed by atoms with van der Waals surface area (Å²) < 4.78 is 2.01. The maximum absolute atomic E-state index is 8.90. The monoisotopic (exact) mass is 266 g/mol. The number of aliphatic hydroxyl groups excluding tert-OH is 1. The van der Waals surface area contributed by atoms with Crippen LogP contribution in [-0.2, 0) is 6.54 Å². The van der Waals surface area contributed by atoms with E-state index in [0.29, 0.717) is 0 Å². The van der Waals surface area contributed by atoms with Crippen molar-refractivity contribution in [1.29, 1.82) is 0 Å². The van der Waals surface area contributed by atoms with Crippen LogP contribution in [0.5, 0.6) is 0 Å². The molecule has 1 N–H and O–H groups in total. The van der Waals surface area contributed by atoms with Gasteiger partial charge in [-0.2, -0.15) is 5.10 Å². The molecule has 0 amide bonds. The minimum Gasteiger partial charge on any atom is -0.395 e. The molecule has 0 saturated carbocycles. The molecule has 19 heavy (non-hydrogen) atoms. The van der Waals surface area contributed by atoms with Crippen molar-refractivity contribution in [2.24, 2.45) is 0 Å². The Hall–Kier alpha value is -0.910. The van der Waals surface area contributed by atoms with Crippen molar-refractivity contribution in [1.82, 2.24) is 19.6 Å². The summed E-state index contributed by atoms with van der Waals surface area (Å²) in [5.74, 6) is 0. The highest BCUT2D eigenvalue weighted by atomic mass is 16.3. The number of nitrogens with zero attached hydrogens (tertiary/aromatic N) is 4. The zero-order valence-corrected chi connectivity index (χ0v) is 11.7. The summed E-state index contributed by atoms with van der Waals surface area (Å²) in [7, 11) is 0. The predicted molar refractivity (Wildman–Crippen MR) is 76.0 cm³/mol. The SMILES string of the molecule is OCCN1CCN(CCCCCn2cccn2)CC1. The molecule has 0 aromatic carbocycles. The molecule has 0 spiro atoms. The minimum absolute atomic E-state index is 0.285. The molecule has 1 aromatic heterocycles. The van der Waals surface area contributed by atoms with Gasteiger partial charge in [-0.15, -0.1) is 0 Å². The average Bonchev–Trinajstić information content (AvgIpc) is 2.94. The van der Waals surface area contributed by atoms with E-state index in [2.05, 4.69) is 14.9 Å². The first-order valence-corrected chi connectivity index (χ1v) is 7.41. The smallest absolute Gasteiger partial charge is 0.0558 e. The lowest BCUT2D eigenvalue weighted by Crippen LogP contribution is -2.47. The summed E-state index contributed by atoms with van der Waals surface area (Å²) in [5, 5.41) is 13.1. The summed E-state index contributed by atoms with van der Waals surface area (Å²) >= 11 is 0. The molecule has 108 valence electrons. The van der Waals surface area contributed by atoms with E-state index in [0.717, 1.165) is 39.3 Å². The lowest BCUT2D eigenvalue weighted by atomic mass is 10.2. The van der Waals surface area contributed by atoms with E-state index >= 15 is 0 Å². The lowest BCUT2D eigenvalue weighted by molar-refractivity contribution is 0.111. The van der Waals surface area contributed by atoms with Gasteiger partial charge in [-0.3, -0.25) is 9.58 Å². The molecule has 1 fully saturated rings. The average molecular weight is 266 g/mol. The van der Waals surface area contributed by atoms with Crippen molar-refractivity contribution >= 4 is 0 Å². The van der Waals surface area contributed by atoms with Gasteiger partial charge in [0.25, 0.3) is 0 Å². The number of hydrogen-bond acceptors (Lipinski definition) is 4. The van der Waals surface area contributed by atoms with Crippen molar-refractivity contribution < 1.29 is 5.11 Å². The normalized spacial score (nSPS) is 17.9. The lowest BCUT2D eigenvalue weighted by Gasteiger charge is -2.34. The number of unbranched alkanes of at least 4 members (excludes halogenated alkanes) is 2. The molecule has 0 bridgehead atoms. The van der Waals surface area contributed by atoms with Crippen LogP contribution in [0.15, 0.2) is 18.5 Å². The van der Waals surface area contributed by atoms with Crippen LogP contribution in [-0.4, -0.2) is 70.6 Å². The predicted octanol–water partition coefficient (Wildman–Crippen LogP) is 0.663. The van der Waals surface area contributed by atoms with E-state index in [1.54, 1.807) is 0 Å². The van der Waals surface area contributed by atoms with E-state index < -0.39 is 0 Å². The van der Waals surface area contributed by atoms with E-state index in [1.165, 1.54) is 25.8 Å². The Morgan fingerprint density at radius 1 is 0.895 bits per heavy atom. The Bertz CT molecular complexity index is 320. The van der Waals surface area contributed by atoms with Gasteiger partial charge in [-0.1, -0.05) is 6.42 Å². The van der Waals surface area contributed by atoms with Crippen LogP contribution < -0.4 is 0 Å². The number of aryl methyl sites for hydroxylation is 1. The fourth-order valence-electron chi connectivity index (χ4n) is 2.60. The molecule has 0 atom stereocenters. The largest absolute Gasteiger partial charge is 0.395 e. The maximum atomic E-state index is 8.90. The molecule has 1 saturated heterocycles. The Morgan fingerprint density at radius 3 is 2.21 bits per heavy atom. The van der Waals surface area contributed by atoms with E-state index in [9.17, 15) is 0 Å². The van der Waals surface area contributed by atoms with Crippen molar-refractivity contribution in [3.05, 3.63) is 18.5 Å². The standard InChI is InChI=1S/C14H26N4O/c19-14-13-17-11-9-16(10-12-17)6-2-1-3-7-18-8-4-5-15-18/h4-5,8,19H,1-3,6-7,9-14H2. The number of rotatable bonds is 8. The van der Waals surface area contributed by atoms with Gasteiger partial charge in [0, 0.05) is 51.7 Å². The molecule has 0 unspecified atom stereocenters. The van der Waals surface area contributed by atoms with Gasteiger partial charge in [-0.25, -0.2) is 0 Å². The third kappa shape index (κ3) is 5.30. The van der Waals surface area contributed by atoms with Gasteiger partial charge in [-0.05, 0) is 25.5 Å². The molecule has 5 nitrogen and oxygen atoms in total. The van der Waals surface area contributed by atoms with Crippen LogP contribution in [0.2, 0.25) is 0 Å². The molecular formula is C14H26N4O. The summed E-state index contributed by atoms with van der Waals surface area (Å²) in [4.78, 5) is 4.88. The van der Waals surface area contributed by atoms with E-state index in [1.807, 2.05) is 23.1 Å². The van der Waals surface area contributed by atoms with Crippen LogP contribution in [0.1, 0.15) is 19.3 Å². The van der Waals surface area contributed by atoms with Gasteiger partial charge in [0.1, 0.15) is 0 Å². The topological polar surface area (TPSA) is 44.5 Å². The molecule has 2 rings (SSSR count). The Balaban J connectivity index is 1.48. The molecule has 0 aliphatic carbocycles. The van der Waals surface area contributed by atoms with Crippen molar-refractivity contribution in [3.8, 4) is 0 Å². The highest BCUT2D eigenvalue weighted by Gasteiger charge is 2.15. The summed E-state index contributed by atoms with van der Waals surface area (Å²) in [6, 6.07) is 1.98. The highest BCUT2D eigenvalue weighted by Crippen LogP contribution is 2.05. The second-order valence-electron chi connectivity index (χ2n) is 5.24. The maximum Gasteiger partial charge on any atom is 0.0558 e. The molecular weight excluding hydrogens is 240 g/mol. The number of piperazine rings is 1. The van der Waals surface area contributed by atoms with Crippen molar-refractivity contribution in [3.63, 3.8) is 0 Å². The first-order valence-electron chi connectivity index (χ1n) is 7.41. The fraction of sp³-hybridized carbons (Fsp3) is 0.786. The molecule has 1 aromatic rings. The van der Waals surface area contributed by atoms with Crippen LogP contribution in [0.25, 0.3) is 0 Å². The van der Waals surface area contributed by atoms with Crippen LogP contribution in [0.4, 0.5) is 0 Å². The molecule has 1 aliphatic heterocycles. The highest BCUT2D eigenvalue weighted by molar-refractivity contribution is 4.77. The quantitative estimate of drug-likeness (QED) is 0.702. The van der Waals surface area contributed by atoms with Gasteiger partial charge in [0.15, 0.2) is 0 Å². The molecule has 0 radical (unpaired) electrons. The molecule has 2 heterocycles. The summed E-state index contributed by atoms with van der Waals surface area (Å²) in [6.45, 7) is 7.88. The first kappa shape index (κ1) is 14.5. The molecule has 5 heteroatoms.